The lowest BCUT2D eigenvalue weighted by molar-refractivity contribution is 0.488. The van der Waals surface area contributed by atoms with E-state index in [1.807, 2.05) is 0 Å². The van der Waals surface area contributed by atoms with Gasteiger partial charge in [-0.3, -0.25) is 0 Å². The van der Waals surface area contributed by atoms with Crippen LogP contribution in [0, 0.1) is 0 Å². The second-order valence-electron chi connectivity index (χ2n) is 16.1. The third-order valence-electron chi connectivity index (χ3n) is 12.3. The quantitative estimate of drug-likeness (QED) is 0.168. The van der Waals surface area contributed by atoms with E-state index in [1.54, 1.807) is 0 Å². The van der Waals surface area contributed by atoms with Gasteiger partial charge in [-0.25, -0.2) is 0 Å². The number of rotatable bonds is 6. The number of nitrogens with zero attached hydrogens (tertiary/aromatic N) is 1. The minimum atomic E-state index is -0.135. The summed E-state index contributed by atoms with van der Waals surface area (Å²) in [5, 5.41) is 0. The lowest BCUT2D eigenvalue weighted by atomic mass is 9.82. The van der Waals surface area contributed by atoms with Gasteiger partial charge in [0.2, 0.25) is 0 Å². The standard InChI is InChI=1S/C57H41NO/c1-57(2)53-21-13-12-20-48(53)49-32-28-45(36-54(49)57)58(44-26-22-41(23-27-44)38-14-6-3-7-15-38)46-29-33-50-47-30-24-42(39-16-8-4-9-17-39)34-52(47)51-31-25-43(40-18-10-5-11-19-40)35-55(51)59-56(50)37-46/h3-37H,1-2H3. The van der Waals surface area contributed by atoms with Gasteiger partial charge < -0.3 is 9.64 Å². The molecule has 1 aliphatic heterocycles. The smallest absolute Gasteiger partial charge is 0.137 e. The molecule has 9 aromatic carbocycles. The first kappa shape index (κ1) is 34.8. The van der Waals surface area contributed by atoms with Crippen molar-refractivity contribution in [1.82, 2.24) is 0 Å². The van der Waals surface area contributed by atoms with Crippen LogP contribution < -0.4 is 9.64 Å². The summed E-state index contributed by atoms with van der Waals surface area (Å²) in [5.41, 5.74) is 19.8. The van der Waals surface area contributed by atoms with E-state index in [0.29, 0.717) is 0 Å². The summed E-state index contributed by atoms with van der Waals surface area (Å²) >= 11 is 0. The molecule has 0 aromatic heterocycles. The molecule has 0 atom stereocenters. The van der Waals surface area contributed by atoms with E-state index in [9.17, 15) is 0 Å². The van der Waals surface area contributed by atoms with E-state index >= 15 is 0 Å². The molecular formula is C57H41NO. The maximum Gasteiger partial charge on any atom is 0.137 e. The van der Waals surface area contributed by atoms with Crippen LogP contribution in [0.2, 0.25) is 0 Å². The number of hydrogen-bond acceptors (Lipinski definition) is 2. The van der Waals surface area contributed by atoms with Gasteiger partial charge in [-0.15, -0.1) is 0 Å². The number of ether oxygens (including phenoxy) is 1. The van der Waals surface area contributed by atoms with Crippen molar-refractivity contribution in [2.24, 2.45) is 0 Å². The van der Waals surface area contributed by atoms with E-state index in [0.717, 1.165) is 61.9 Å². The molecule has 2 aliphatic rings. The van der Waals surface area contributed by atoms with Gasteiger partial charge in [0.05, 0.1) is 0 Å². The van der Waals surface area contributed by atoms with Crippen molar-refractivity contribution in [1.29, 1.82) is 0 Å². The van der Waals surface area contributed by atoms with Gasteiger partial charge >= 0.3 is 0 Å². The van der Waals surface area contributed by atoms with Gasteiger partial charge in [0.25, 0.3) is 0 Å². The zero-order valence-electron chi connectivity index (χ0n) is 33.1. The predicted octanol–water partition coefficient (Wildman–Crippen LogP) is 15.9. The van der Waals surface area contributed by atoms with Crippen molar-refractivity contribution in [3.8, 4) is 78.3 Å². The molecule has 1 heterocycles. The number of fused-ring (bicyclic) bond motifs is 8. The van der Waals surface area contributed by atoms with Crippen LogP contribution in [0.4, 0.5) is 17.1 Å². The Balaban J connectivity index is 1.09. The number of benzene rings is 9. The Morgan fingerprint density at radius 3 is 1.42 bits per heavy atom. The second kappa shape index (κ2) is 13.9. The van der Waals surface area contributed by atoms with Gasteiger partial charge in [0.1, 0.15) is 11.5 Å². The summed E-state index contributed by atoms with van der Waals surface area (Å²) in [4.78, 5) is 2.38. The molecule has 9 aromatic rings. The number of anilines is 3. The van der Waals surface area contributed by atoms with E-state index < -0.39 is 0 Å². The SMILES string of the molecule is CC1(C)c2ccccc2-c2ccc(N(c3ccc(-c4ccccc4)cc3)c3ccc4c(c3)Oc3cc(-c5ccccc5)ccc3-c3cc(-c5ccccc5)ccc3-4)cc21. The number of hydrogen-bond donors (Lipinski definition) is 0. The van der Waals surface area contributed by atoms with Gasteiger partial charge in [0.15, 0.2) is 0 Å². The fourth-order valence-electron chi connectivity index (χ4n) is 9.24. The van der Waals surface area contributed by atoms with Crippen LogP contribution in [-0.4, -0.2) is 0 Å². The molecule has 59 heavy (non-hydrogen) atoms. The fraction of sp³-hybridized carbons (Fsp3) is 0.0526. The maximum atomic E-state index is 7.15. The second-order valence-corrected chi connectivity index (χ2v) is 16.1. The first-order valence-corrected chi connectivity index (χ1v) is 20.4. The van der Waals surface area contributed by atoms with Crippen LogP contribution in [-0.2, 0) is 5.41 Å². The summed E-state index contributed by atoms with van der Waals surface area (Å²) in [7, 11) is 0. The van der Waals surface area contributed by atoms with Gasteiger partial charge in [-0.1, -0.05) is 166 Å². The minimum Gasteiger partial charge on any atom is -0.456 e. The highest BCUT2D eigenvalue weighted by molar-refractivity contribution is 5.95. The fourth-order valence-corrected chi connectivity index (χ4v) is 9.24. The van der Waals surface area contributed by atoms with Crippen molar-refractivity contribution in [3.05, 3.63) is 223 Å². The highest BCUT2D eigenvalue weighted by Gasteiger charge is 2.36. The molecule has 2 nitrogen and oxygen atoms in total. The summed E-state index contributed by atoms with van der Waals surface area (Å²) in [5.74, 6) is 1.66. The van der Waals surface area contributed by atoms with E-state index in [4.69, 9.17) is 4.74 Å². The monoisotopic (exact) mass is 755 g/mol. The average molecular weight is 756 g/mol. The van der Waals surface area contributed by atoms with Crippen molar-refractivity contribution < 1.29 is 4.74 Å². The molecule has 0 saturated heterocycles. The largest absolute Gasteiger partial charge is 0.456 e. The van der Waals surface area contributed by atoms with Crippen molar-refractivity contribution in [3.63, 3.8) is 0 Å². The van der Waals surface area contributed by atoms with Crippen LogP contribution in [0.1, 0.15) is 25.0 Å². The molecule has 1 aliphatic carbocycles. The molecule has 0 amide bonds. The van der Waals surface area contributed by atoms with Crippen molar-refractivity contribution in [2.45, 2.75) is 19.3 Å². The summed E-state index contributed by atoms with van der Waals surface area (Å²) < 4.78 is 7.15. The van der Waals surface area contributed by atoms with Crippen LogP contribution in [0.15, 0.2) is 212 Å². The Bertz CT molecular complexity index is 3020. The van der Waals surface area contributed by atoms with Crippen LogP contribution >= 0.6 is 0 Å². The molecule has 0 unspecified atom stereocenters. The average Bonchev–Trinajstić information content (AvgIpc) is 3.43. The van der Waals surface area contributed by atoms with E-state index in [2.05, 4.69) is 231 Å². The summed E-state index contributed by atoms with van der Waals surface area (Å²) in [6, 6.07) is 76.7. The summed E-state index contributed by atoms with van der Waals surface area (Å²) in [6.45, 7) is 4.69. The topological polar surface area (TPSA) is 12.5 Å². The highest BCUT2D eigenvalue weighted by atomic mass is 16.5. The normalized spacial score (nSPS) is 12.8. The Morgan fingerprint density at radius 1 is 0.305 bits per heavy atom. The molecule has 11 rings (SSSR count). The van der Waals surface area contributed by atoms with Crippen LogP contribution in [0.3, 0.4) is 0 Å². The molecular weight excluding hydrogens is 715 g/mol. The molecule has 0 fully saturated rings. The lowest BCUT2D eigenvalue weighted by Crippen LogP contribution is -2.16. The zero-order valence-corrected chi connectivity index (χ0v) is 33.1. The van der Waals surface area contributed by atoms with Crippen LogP contribution in [0.25, 0.3) is 66.8 Å². The maximum absolute atomic E-state index is 7.15. The third kappa shape index (κ3) is 5.96. The zero-order chi connectivity index (χ0) is 39.5. The lowest BCUT2D eigenvalue weighted by Gasteiger charge is -2.29. The van der Waals surface area contributed by atoms with Crippen LogP contribution in [0.5, 0.6) is 11.5 Å². The highest BCUT2D eigenvalue weighted by Crippen LogP contribution is 2.53. The third-order valence-corrected chi connectivity index (χ3v) is 12.3. The van der Waals surface area contributed by atoms with Crippen molar-refractivity contribution in [2.75, 3.05) is 4.90 Å². The molecule has 0 radical (unpaired) electrons. The van der Waals surface area contributed by atoms with Crippen molar-refractivity contribution >= 4 is 17.1 Å². The van der Waals surface area contributed by atoms with E-state index in [1.165, 1.54) is 44.5 Å². The Labute approximate surface area is 346 Å². The molecule has 2 heteroatoms. The molecule has 0 N–H and O–H groups in total. The van der Waals surface area contributed by atoms with Gasteiger partial charge in [0, 0.05) is 39.7 Å². The first-order chi connectivity index (χ1) is 29.0. The molecule has 0 bridgehead atoms. The predicted molar refractivity (Wildman–Crippen MR) is 246 cm³/mol. The Kier molecular flexibility index (Phi) is 8.20. The molecule has 280 valence electrons. The first-order valence-electron chi connectivity index (χ1n) is 20.4. The van der Waals surface area contributed by atoms with Gasteiger partial charge in [-0.05, 0) is 121 Å². The van der Waals surface area contributed by atoms with Gasteiger partial charge in [-0.2, -0.15) is 0 Å². The summed E-state index contributed by atoms with van der Waals surface area (Å²) in [6.07, 6.45) is 0. The Morgan fingerprint density at radius 2 is 0.746 bits per heavy atom. The molecule has 0 saturated carbocycles. The minimum absolute atomic E-state index is 0.135. The molecule has 0 spiro atoms. The Hall–Kier alpha value is -7.42. The van der Waals surface area contributed by atoms with E-state index in [-0.39, 0.29) is 5.41 Å².